The second-order valence-electron chi connectivity index (χ2n) is 7.34. The predicted octanol–water partition coefficient (Wildman–Crippen LogP) is 4.76. The van der Waals surface area contributed by atoms with E-state index in [9.17, 15) is 13.2 Å². The molecule has 4 rings (SSSR count). The number of hydrogen-bond acceptors (Lipinski definition) is 4. The average Bonchev–Trinajstić information content (AvgIpc) is 3.15. The Balaban J connectivity index is 0.000000229. The van der Waals surface area contributed by atoms with Crippen molar-refractivity contribution >= 4 is 0 Å². The Hall–Kier alpha value is -2.90. The third-order valence-electron chi connectivity index (χ3n) is 4.07. The Morgan fingerprint density at radius 1 is 0.903 bits per heavy atom. The molecule has 0 aromatic carbocycles. The van der Waals surface area contributed by atoms with E-state index in [2.05, 4.69) is 52.0 Å². The van der Waals surface area contributed by atoms with Gasteiger partial charge in [0.1, 0.15) is 11.9 Å². The van der Waals surface area contributed by atoms with Crippen LogP contribution < -0.4 is 5.10 Å². The summed E-state index contributed by atoms with van der Waals surface area (Å²) < 4.78 is 38.7. The number of nitrogens with zero attached hydrogens (tertiary/aromatic N) is 5. The fourth-order valence-corrected chi connectivity index (χ4v) is 2.50. The van der Waals surface area contributed by atoms with Gasteiger partial charge in [-0.3, -0.25) is 9.97 Å². The van der Waals surface area contributed by atoms with Gasteiger partial charge < -0.3 is 15.2 Å². The number of pyridine rings is 3. The minimum absolute atomic E-state index is 0. The molecule has 0 saturated carbocycles. The minimum Gasteiger partial charge on any atom is -0.571 e. The molecule has 5 nitrogen and oxygen atoms in total. The second kappa shape index (κ2) is 10.4. The van der Waals surface area contributed by atoms with Gasteiger partial charge in [0.25, 0.3) is 0 Å². The molecule has 4 heterocycles. The van der Waals surface area contributed by atoms with Gasteiger partial charge in [-0.15, -0.1) is 6.07 Å². The van der Waals surface area contributed by atoms with Gasteiger partial charge in [-0.05, 0) is 40.9 Å². The zero-order chi connectivity index (χ0) is 21.7. The third-order valence-corrected chi connectivity index (χ3v) is 4.07. The summed E-state index contributed by atoms with van der Waals surface area (Å²) in [5.74, 6) is -2.35. The summed E-state index contributed by atoms with van der Waals surface area (Å²) in [4.78, 5) is 11.2. The molecule has 0 saturated heterocycles. The van der Waals surface area contributed by atoms with E-state index in [0.29, 0.717) is 17.1 Å². The van der Waals surface area contributed by atoms with Crippen molar-refractivity contribution in [3.63, 3.8) is 0 Å². The number of rotatable bonds is 2. The molecule has 0 atom stereocenters. The number of hydrogen-bond donors (Lipinski definition) is 0. The molecular formula is C22H18F3IrN5-2. The van der Waals surface area contributed by atoms with Gasteiger partial charge in [0.15, 0.2) is 5.95 Å². The van der Waals surface area contributed by atoms with Gasteiger partial charge in [-0.25, -0.2) is 8.78 Å². The largest absolute Gasteiger partial charge is 0.571 e. The first-order chi connectivity index (χ1) is 14.2. The topological polar surface area (TPSA) is 65.7 Å². The Morgan fingerprint density at radius 3 is 2.23 bits per heavy atom. The smallest absolute Gasteiger partial charge is 0.193 e. The summed E-state index contributed by atoms with van der Waals surface area (Å²) in [5, 5.41) is 6.83. The maximum Gasteiger partial charge on any atom is 0.193 e. The maximum absolute atomic E-state index is 13.5. The van der Waals surface area contributed by atoms with E-state index in [-0.39, 0.29) is 31.1 Å². The summed E-state index contributed by atoms with van der Waals surface area (Å²) >= 11 is 0. The molecule has 4 aromatic heterocycles. The van der Waals surface area contributed by atoms with Crippen molar-refractivity contribution in [2.24, 2.45) is 0 Å². The molecule has 0 aliphatic carbocycles. The molecule has 0 fully saturated rings. The summed E-state index contributed by atoms with van der Waals surface area (Å²) in [7, 11) is 0. The summed E-state index contributed by atoms with van der Waals surface area (Å²) in [6, 6.07) is 13.8. The molecule has 0 amide bonds. The van der Waals surface area contributed by atoms with Crippen molar-refractivity contribution in [2.45, 2.75) is 26.2 Å². The Morgan fingerprint density at radius 2 is 1.65 bits per heavy atom. The molecule has 0 aliphatic heterocycles. The monoisotopic (exact) mass is 602 g/mol. The third kappa shape index (κ3) is 6.54. The second-order valence-corrected chi connectivity index (χ2v) is 7.34. The molecule has 1 radical (unpaired) electrons. The summed E-state index contributed by atoms with van der Waals surface area (Å²) in [6.45, 7) is 6.15. The first-order valence-corrected chi connectivity index (χ1v) is 9.02. The fraction of sp³-hybridized carbons (Fsp3) is 0.182. The molecular weight excluding hydrogens is 583 g/mol. The van der Waals surface area contributed by atoms with Crippen LogP contribution in [0.3, 0.4) is 0 Å². The van der Waals surface area contributed by atoms with Gasteiger partial charge in [-0.2, -0.15) is 4.39 Å². The molecule has 0 aliphatic rings. The Kier molecular flexibility index (Phi) is 8.19. The standard InChI is InChI=1S/C14H13F2N2.C8H5FN3.Ir/c1-14(2,3)9-6-7-17-11(8-9)10-4-5-12(15)18-13(10)16;9-8-5-7(11-12-8)6-3-1-2-4-10-6;/h5-8H,1-3H3;1-5H;/q2*-1;. The van der Waals surface area contributed by atoms with Crippen LogP contribution in [-0.4, -0.2) is 20.1 Å². The summed E-state index contributed by atoms with van der Waals surface area (Å²) in [5.41, 5.74) is 2.54. The van der Waals surface area contributed by atoms with Crippen LogP contribution in [0.5, 0.6) is 0 Å². The molecule has 0 bridgehead atoms. The van der Waals surface area contributed by atoms with E-state index < -0.39 is 17.8 Å². The van der Waals surface area contributed by atoms with E-state index in [4.69, 9.17) is 0 Å². The van der Waals surface area contributed by atoms with Gasteiger partial charge in [0.05, 0.1) is 0 Å². The molecule has 0 unspecified atom stereocenters. The van der Waals surface area contributed by atoms with Crippen molar-refractivity contribution in [1.82, 2.24) is 25.1 Å². The van der Waals surface area contributed by atoms with Crippen LogP contribution in [0.2, 0.25) is 0 Å². The molecule has 163 valence electrons. The predicted molar refractivity (Wildman–Crippen MR) is 106 cm³/mol. The molecule has 4 aromatic rings. The molecule has 31 heavy (non-hydrogen) atoms. The van der Waals surface area contributed by atoms with Crippen molar-refractivity contribution < 1.29 is 33.3 Å². The van der Waals surface area contributed by atoms with Crippen LogP contribution in [0.1, 0.15) is 26.3 Å². The Bertz CT molecular complexity index is 1130. The molecule has 9 heteroatoms. The van der Waals surface area contributed by atoms with Crippen LogP contribution in [0.25, 0.3) is 22.6 Å². The zero-order valence-electron chi connectivity index (χ0n) is 16.9. The van der Waals surface area contributed by atoms with Crippen molar-refractivity contribution in [3.8, 4) is 22.6 Å². The normalized spacial score (nSPS) is 10.6. The van der Waals surface area contributed by atoms with E-state index in [1.807, 2.05) is 12.1 Å². The first kappa shape index (κ1) is 24.4. The summed E-state index contributed by atoms with van der Waals surface area (Å²) in [6.07, 6.45) is 3.23. The fourth-order valence-electron chi connectivity index (χ4n) is 2.50. The minimum atomic E-state index is -0.895. The van der Waals surface area contributed by atoms with Crippen LogP contribution in [0.4, 0.5) is 13.2 Å². The van der Waals surface area contributed by atoms with Crippen LogP contribution >= 0.6 is 0 Å². The average molecular weight is 602 g/mol. The van der Waals surface area contributed by atoms with E-state index in [0.717, 1.165) is 11.6 Å². The van der Waals surface area contributed by atoms with Crippen molar-refractivity contribution in [2.75, 3.05) is 0 Å². The maximum atomic E-state index is 13.5. The van der Waals surface area contributed by atoms with E-state index in [1.54, 1.807) is 30.6 Å². The van der Waals surface area contributed by atoms with Gasteiger partial charge in [-0.1, -0.05) is 50.2 Å². The SMILES string of the molecule is CC(C)(C)c1ccnc(-c2[c-]cc(F)nc2F)c1.Fc1cc(-c2ccccn2)[n-]n1.[Ir]. The van der Waals surface area contributed by atoms with Crippen LogP contribution in [0, 0.1) is 23.9 Å². The molecule has 0 N–H and O–H groups in total. The number of aromatic nitrogens is 5. The van der Waals surface area contributed by atoms with Gasteiger partial charge in [0, 0.05) is 38.2 Å². The Labute approximate surface area is 191 Å². The quantitative estimate of drug-likeness (QED) is 0.245. The molecule has 0 spiro atoms. The van der Waals surface area contributed by atoms with Gasteiger partial charge >= 0.3 is 0 Å². The number of halogens is 3. The van der Waals surface area contributed by atoms with Crippen LogP contribution in [0.15, 0.2) is 54.9 Å². The van der Waals surface area contributed by atoms with Crippen molar-refractivity contribution in [1.29, 1.82) is 0 Å². The van der Waals surface area contributed by atoms with Gasteiger partial charge in [0.2, 0.25) is 0 Å². The zero-order valence-corrected chi connectivity index (χ0v) is 19.3. The van der Waals surface area contributed by atoms with Crippen LogP contribution in [-0.2, 0) is 25.5 Å². The first-order valence-electron chi connectivity index (χ1n) is 9.02. The van der Waals surface area contributed by atoms with E-state index >= 15 is 0 Å². The van der Waals surface area contributed by atoms with Crippen molar-refractivity contribution in [3.05, 3.63) is 84.3 Å². The van der Waals surface area contributed by atoms with E-state index in [1.165, 1.54) is 6.07 Å².